The van der Waals surface area contributed by atoms with E-state index in [1.54, 1.807) is 19.1 Å². The van der Waals surface area contributed by atoms with Crippen molar-refractivity contribution in [2.45, 2.75) is 26.8 Å². The van der Waals surface area contributed by atoms with E-state index in [2.05, 4.69) is 5.32 Å². The van der Waals surface area contributed by atoms with Gasteiger partial charge in [0.2, 0.25) is 0 Å². The summed E-state index contributed by atoms with van der Waals surface area (Å²) in [4.78, 5) is 14.4. The summed E-state index contributed by atoms with van der Waals surface area (Å²) < 4.78 is 10.5. The lowest BCUT2D eigenvalue weighted by Crippen LogP contribution is -2.47. The van der Waals surface area contributed by atoms with E-state index in [0.29, 0.717) is 29.6 Å². The number of nitrogens with zero attached hydrogens (tertiary/aromatic N) is 2. The summed E-state index contributed by atoms with van der Waals surface area (Å²) in [5.41, 5.74) is 2.20. The molecule has 0 bridgehead atoms. The molecular formula is C18H21N3O3S. The Morgan fingerprint density at radius 1 is 1.36 bits per heavy atom. The predicted octanol–water partition coefficient (Wildman–Crippen LogP) is 2.68. The molecule has 1 N–H and O–H groups in total. The van der Waals surface area contributed by atoms with Gasteiger partial charge in [-0.2, -0.15) is 5.26 Å². The topological polar surface area (TPSA) is 74.6 Å². The highest BCUT2D eigenvalue weighted by atomic mass is 32.1. The fourth-order valence-electron chi connectivity index (χ4n) is 2.76. The van der Waals surface area contributed by atoms with Crippen molar-refractivity contribution in [1.29, 1.82) is 5.26 Å². The first kappa shape index (κ1) is 18.7. The molecule has 2 rings (SSSR count). The van der Waals surface area contributed by atoms with Gasteiger partial charge in [-0.05, 0) is 50.7 Å². The van der Waals surface area contributed by atoms with E-state index in [1.807, 2.05) is 36.9 Å². The maximum atomic E-state index is 12.5. The third kappa shape index (κ3) is 4.09. The number of nitriles is 1. The predicted molar refractivity (Wildman–Crippen MR) is 97.7 cm³/mol. The molecule has 0 fully saturated rings. The summed E-state index contributed by atoms with van der Waals surface area (Å²) in [6, 6.07) is 8.77. The van der Waals surface area contributed by atoms with E-state index in [1.165, 1.54) is 0 Å². The molecule has 0 spiro atoms. The van der Waals surface area contributed by atoms with Crippen molar-refractivity contribution in [1.82, 2.24) is 10.2 Å². The van der Waals surface area contributed by atoms with E-state index in [0.717, 1.165) is 11.3 Å². The van der Waals surface area contributed by atoms with Crippen molar-refractivity contribution >= 4 is 23.3 Å². The van der Waals surface area contributed by atoms with Gasteiger partial charge in [0, 0.05) is 12.2 Å². The first-order valence-corrected chi connectivity index (χ1v) is 8.49. The quantitative estimate of drug-likeness (QED) is 0.618. The molecule has 7 heteroatoms. The number of carbonyl (C=O) groups excluding carboxylic acids is 1. The monoisotopic (exact) mass is 359 g/mol. The lowest BCUT2D eigenvalue weighted by molar-refractivity contribution is -0.139. The van der Waals surface area contributed by atoms with E-state index in [4.69, 9.17) is 27.0 Å². The second-order valence-electron chi connectivity index (χ2n) is 5.36. The lowest BCUT2D eigenvalue weighted by atomic mass is 9.95. The zero-order chi connectivity index (χ0) is 18.4. The van der Waals surface area contributed by atoms with Crippen LogP contribution in [0.15, 0.2) is 35.5 Å². The van der Waals surface area contributed by atoms with Gasteiger partial charge in [-0.15, -0.1) is 0 Å². The fraction of sp³-hybridized carbons (Fsp3) is 0.389. The van der Waals surface area contributed by atoms with Gasteiger partial charge in [0.25, 0.3) is 0 Å². The minimum absolute atomic E-state index is 0.0103. The number of rotatable bonds is 6. The largest absolute Gasteiger partial charge is 0.479 e. The first-order chi connectivity index (χ1) is 12.0. The maximum Gasteiger partial charge on any atom is 0.338 e. The summed E-state index contributed by atoms with van der Waals surface area (Å²) in [5.74, 6) is 0.237. The van der Waals surface area contributed by atoms with Gasteiger partial charge >= 0.3 is 5.97 Å². The van der Waals surface area contributed by atoms with Gasteiger partial charge in [0.05, 0.1) is 18.2 Å². The molecule has 1 aromatic carbocycles. The number of carbonyl (C=O) groups is 1. The number of benzene rings is 1. The van der Waals surface area contributed by atoms with Crippen molar-refractivity contribution in [3.63, 3.8) is 0 Å². The Morgan fingerprint density at radius 2 is 2.04 bits per heavy atom. The Morgan fingerprint density at radius 3 is 2.60 bits per heavy atom. The molecule has 0 unspecified atom stereocenters. The third-order valence-corrected chi connectivity index (χ3v) is 4.26. The van der Waals surface area contributed by atoms with Crippen molar-refractivity contribution in [2.75, 3.05) is 19.8 Å². The van der Waals surface area contributed by atoms with Gasteiger partial charge in [-0.1, -0.05) is 12.1 Å². The van der Waals surface area contributed by atoms with Crippen LogP contribution in [0.25, 0.3) is 0 Å². The molecule has 1 aliphatic rings. The van der Waals surface area contributed by atoms with Gasteiger partial charge < -0.3 is 19.7 Å². The zero-order valence-corrected chi connectivity index (χ0v) is 15.4. The average Bonchev–Trinajstić information content (AvgIpc) is 2.60. The molecule has 0 saturated carbocycles. The van der Waals surface area contributed by atoms with Crippen LogP contribution in [-0.4, -0.2) is 35.7 Å². The molecular weight excluding hydrogens is 338 g/mol. The van der Waals surface area contributed by atoms with Crippen LogP contribution in [-0.2, 0) is 9.53 Å². The first-order valence-electron chi connectivity index (χ1n) is 8.09. The van der Waals surface area contributed by atoms with E-state index >= 15 is 0 Å². The van der Waals surface area contributed by atoms with Crippen LogP contribution in [0.4, 0.5) is 0 Å². The second-order valence-corrected chi connectivity index (χ2v) is 5.75. The van der Waals surface area contributed by atoms with Crippen LogP contribution in [0.1, 0.15) is 32.4 Å². The van der Waals surface area contributed by atoms with Crippen LogP contribution in [0.2, 0.25) is 0 Å². The Bertz CT molecular complexity index is 722. The Hall–Kier alpha value is -2.59. The number of ether oxygens (including phenoxy) is 2. The number of hydrogen-bond acceptors (Lipinski definition) is 5. The molecule has 0 radical (unpaired) electrons. The van der Waals surface area contributed by atoms with Crippen molar-refractivity contribution in [2.24, 2.45) is 0 Å². The number of thiocarbonyl (C=S) groups is 1. The van der Waals surface area contributed by atoms with Crippen molar-refractivity contribution in [3.05, 3.63) is 41.1 Å². The van der Waals surface area contributed by atoms with E-state index < -0.39 is 0 Å². The Labute approximate surface area is 153 Å². The summed E-state index contributed by atoms with van der Waals surface area (Å²) >= 11 is 5.44. The SMILES string of the molecule is CCOC(=O)C1=C(C)N(CC)C(=S)N[C@@H]1c1ccc(OCC#N)cc1. The highest BCUT2D eigenvalue weighted by Crippen LogP contribution is 2.32. The molecule has 1 atom stereocenters. The molecule has 0 aliphatic carbocycles. The molecule has 1 aliphatic heterocycles. The van der Waals surface area contributed by atoms with E-state index in [-0.39, 0.29) is 18.6 Å². The smallest absolute Gasteiger partial charge is 0.338 e. The average molecular weight is 359 g/mol. The van der Waals surface area contributed by atoms with Gasteiger partial charge in [0.15, 0.2) is 11.7 Å². The Balaban J connectivity index is 2.39. The van der Waals surface area contributed by atoms with Crippen molar-refractivity contribution in [3.8, 4) is 11.8 Å². The van der Waals surface area contributed by atoms with Gasteiger partial charge in [-0.25, -0.2) is 4.79 Å². The molecule has 6 nitrogen and oxygen atoms in total. The summed E-state index contributed by atoms with van der Waals surface area (Å²) in [7, 11) is 0. The second kappa shape index (κ2) is 8.49. The number of nitrogens with one attached hydrogen (secondary N) is 1. The minimum atomic E-state index is -0.389. The molecule has 0 aromatic heterocycles. The van der Waals surface area contributed by atoms with Gasteiger partial charge in [0.1, 0.15) is 11.8 Å². The molecule has 132 valence electrons. The van der Waals surface area contributed by atoms with Crippen LogP contribution in [0.5, 0.6) is 5.75 Å². The number of esters is 1. The maximum absolute atomic E-state index is 12.5. The molecule has 1 aromatic rings. The number of hydrogen-bond donors (Lipinski definition) is 1. The summed E-state index contributed by atoms with van der Waals surface area (Å²) in [6.07, 6.45) is 0. The van der Waals surface area contributed by atoms with E-state index in [9.17, 15) is 4.79 Å². The summed E-state index contributed by atoms with van der Waals surface area (Å²) in [6.45, 7) is 6.59. The normalized spacial score (nSPS) is 17.0. The number of allylic oxidation sites excluding steroid dienone is 1. The van der Waals surface area contributed by atoms with Crippen LogP contribution >= 0.6 is 12.2 Å². The van der Waals surface area contributed by atoms with Crippen molar-refractivity contribution < 1.29 is 14.3 Å². The lowest BCUT2D eigenvalue weighted by Gasteiger charge is -2.37. The summed E-state index contributed by atoms with van der Waals surface area (Å²) in [5, 5.41) is 12.4. The van der Waals surface area contributed by atoms with Crippen LogP contribution in [0.3, 0.4) is 0 Å². The third-order valence-electron chi connectivity index (χ3n) is 3.92. The highest BCUT2D eigenvalue weighted by Gasteiger charge is 2.34. The molecule has 25 heavy (non-hydrogen) atoms. The zero-order valence-electron chi connectivity index (χ0n) is 14.5. The Kier molecular flexibility index (Phi) is 6.37. The van der Waals surface area contributed by atoms with Gasteiger partial charge in [-0.3, -0.25) is 0 Å². The minimum Gasteiger partial charge on any atom is -0.479 e. The standard InChI is InChI=1S/C18H21N3O3S/c1-4-21-12(3)15(17(22)23-5-2)16(20-18(21)25)13-6-8-14(9-7-13)24-11-10-19/h6-9,16H,4-5,11H2,1-3H3,(H,20,25)/t16-/m1/s1. The molecule has 1 heterocycles. The highest BCUT2D eigenvalue weighted by molar-refractivity contribution is 7.80. The van der Waals surface area contributed by atoms with Crippen LogP contribution in [0, 0.1) is 11.3 Å². The molecule has 0 amide bonds. The fourth-order valence-corrected chi connectivity index (χ4v) is 3.14. The van der Waals surface area contributed by atoms with Crippen LogP contribution < -0.4 is 10.1 Å². The molecule has 0 saturated heterocycles.